The number of rotatable bonds is 4. The van der Waals surface area contributed by atoms with Crippen molar-refractivity contribution in [3.8, 4) is 0 Å². The molecule has 0 aromatic heterocycles. The van der Waals surface area contributed by atoms with Crippen LogP contribution in [-0.4, -0.2) is 19.0 Å². The van der Waals surface area contributed by atoms with Gasteiger partial charge in [0.05, 0.1) is 5.41 Å². The van der Waals surface area contributed by atoms with Crippen molar-refractivity contribution in [2.24, 2.45) is 0 Å². The van der Waals surface area contributed by atoms with E-state index in [0.717, 1.165) is 24.3 Å². The Morgan fingerprint density at radius 3 is 2.17 bits per heavy atom. The first-order chi connectivity index (χ1) is 11.5. The highest BCUT2D eigenvalue weighted by Gasteiger charge is 2.29. The van der Waals surface area contributed by atoms with Crippen molar-refractivity contribution >= 4 is 17.3 Å². The van der Waals surface area contributed by atoms with Gasteiger partial charge in [0.15, 0.2) is 0 Å². The number of amides is 1. The zero-order valence-corrected chi connectivity index (χ0v) is 14.2. The number of benzene rings is 2. The molecule has 1 aliphatic heterocycles. The Morgan fingerprint density at radius 2 is 1.58 bits per heavy atom. The van der Waals surface area contributed by atoms with Crippen LogP contribution in [0.3, 0.4) is 0 Å². The van der Waals surface area contributed by atoms with Gasteiger partial charge in [-0.15, -0.1) is 0 Å². The van der Waals surface area contributed by atoms with E-state index in [1.165, 1.54) is 30.7 Å². The summed E-state index contributed by atoms with van der Waals surface area (Å²) >= 11 is 0. The van der Waals surface area contributed by atoms with Gasteiger partial charge in [-0.1, -0.05) is 12.1 Å². The van der Waals surface area contributed by atoms with E-state index in [0.29, 0.717) is 0 Å². The second-order valence-electron chi connectivity index (χ2n) is 6.83. The molecule has 2 aromatic rings. The maximum absolute atomic E-state index is 13.1. The Hall–Kier alpha value is -2.36. The van der Waals surface area contributed by atoms with Gasteiger partial charge in [-0.05, 0) is 68.7 Å². The molecule has 24 heavy (non-hydrogen) atoms. The van der Waals surface area contributed by atoms with Crippen LogP contribution < -0.4 is 10.2 Å². The van der Waals surface area contributed by atoms with Crippen molar-refractivity contribution in [3.63, 3.8) is 0 Å². The van der Waals surface area contributed by atoms with Gasteiger partial charge in [-0.2, -0.15) is 0 Å². The quantitative estimate of drug-likeness (QED) is 0.906. The van der Waals surface area contributed by atoms with E-state index in [2.05, 4.69) is 10.2 Å². The lowest BCUT2D eigenvalue weighted by molar-refractivity contribution is -0.120. The molecule has 3 rings (SSSR count). The minimum atomic E-state index is -0.735. The number of nitrogens with zero attached hydrogens (tertiary/aromatic N) is 1. The van der Waals surface area contributed by atoms with Gasteiger partial charge in [0, 0.05) is 24.5 Å². The van der Waals surface area contributed by atoms with Crippen LogP contribution in [0.25, 0.3) is 0 Å². The Bertz CT molecular complexity index is 701. The highest BCUT2D eigenvalue weighted by Crippen LogP contribution is 2.27. The summed E-state index contributed by atoms with van der Waals surface area (Å²) < 4.78 is 13.1. The van der Waals surface area contributed by atoms with Crippen molar-refractivity contribution in [2.45, 2.75) is 32.1 Å². The molecule has 0 radical (unpaired) electrons. The smallest absolute Gasteiger partial charge is 0.234 e. The summed E-state index contributed by atoms with van der Waals surface area (Å²) in [5, 5.41) is 2.96. The highest BCUT2D eigenvalue weighted by molar-refractivity contribution is 5.98. The third-order valence-corrected chi connectivity index (χ3v) is 4.73. The lowest BCUT2D eigenvalue weighted by Crippen LogP contribution is -2.34. The molecule has 1 aliphatic rings. The van der Waals surface area contributed by atoms with Gasteiger partial charge in [0.2, 0.25) is 5.91 Å². The number of halogens is 1. The molecular formula is C20H23FN2O. The molecule has 1 heterocycles. The fraction of sp³-hybridized carbons (Fsp3) is 0.350. The van der Waals surface area contributed by atoms with Crippen LogP contribution >= 0.6 is 0 Å². The maximum atomic E-state index is 13.1. The van der Waals surface area contributed by atoms with Crippen LogP contribution in [0.5, 0.6) is 0 Å². The van der Waals surface area contributed by atoms with Gasteiger partial charge in [-0.25, -0.2) is 4.39 Å². The lowest BCUT2D eigenvalue weighted by atomic mass is 9.83. The molecule has 0 aliphatic carbocycles. The van der Waals surface area contributed by atoms with Crippen LogP contribution in [-0.2, 0) is 10.2 Å². The van der Waals surface area contributed by atoms with Gasteiger partial charge >= 0.3 is 0 Å². The zero-order chi connectivity index (χ0) is 17.2. The number of hydrogen-bond donors (Lipinski definition) is 1. The molecule has 0 spiro atoms. The van der Waals surface area contributed by atoms with Gasteiger partial charge in [-0.3, -0.25) is 4.79 Å². The van der Waals surface area contributed by atoms with E-state index >= 15 is 0 Å². The average molecular weight is 326 g/mol. The van der Waals surface area contributed by atoms with Gasteiger partial charge in [0.25, 0.3) is 0 Å². The van der Waals surface area contributed by atoms with Gasteiger partial charge < -0.3 is 10.2 Å². The summed E-state index contributed by atoms with van der Waals surface area (Å²) in [6, 6.07) is 14.1. The first kappa shape index (κ1) is 16.5. The average Bonchev–Trinajstić information content (AvgIpc) is 3.10. The monoisotopic (exact) mass is 326 g/mol. The summed E-state index contributed by atoms with van der Waals surface area (Å²) in [6.45, 7) is 5.88. The standard InChI is InChI=1S/C20H23FN2O/c1-20(2,15-5-7-16(21)8-6-15)19(24)22-17-9-11-18(12-10-17)23-13-3-4-14-23/h5-12H,3-4,13-14H2,1-2H3,(H,22,24). The Balaban J connectivity index is 1.70. The third-order valence-electron chi connectivity index (χ3n) is 4.73. The molecule has 1 N–H and O–H groups in total. The molecule has 3 nitrogen and oxygen atoms in total. The molecule has 2 aromatic carbocycles. The molecule has 1 saturated heterocycles. The zero-order valence-electron chi connectivity index (χ0n) is 14.2. The summed E-state index contributed by atoms with van der Waals surface area (Å²) in [4.78, 5) is 15.0. The fourth-order valence-electron chi connectivity index (χ4n) is 3.02. The first-order valence-corrected chi connectivity index (χ1v) is 8.39. The summed E-state index contributed by atoms with van der Waals surface area (Å²) in [5.41, 5.74) is 2.03. The van der Waals surface area contributed by atoms with Crippen LogP contribution in [0.2, 0.25) is 0 Å². The second-order valence-corrected chi connectivity index (χ2v) is 6.83. The summed E-state index contributed by atoms with van der Waals surface area (Å²) in [6.07, 6.45) is 2.48. The molecule has 0 saturated carbocycles. The van der Waals surface area contributed by atoms with E-state index in [1.807, 2.05) is 38.1 Å². The fourth-order valence-corrected chi connectivity index (χ4v) is 3.02. The Kier molecular flexibility index (Phi) is 4.56. The van der Waals surface area contributed by atoms with E-state index in [9.17, 15) is 9.18 Å². The normalized spacial score (nSPS) is 14.7. The first-order valence-electron chi connectivity index (χ1n) is 8.39. The minimum absolute atomic E-state index is 0.108. The predicted molar refractivity (Wildman–Crippen MR) is 95.9 cm³/mol. The number of anilines is 2. The molecule has 0 atom stereocenters. The summed E-state index contributed by atoms with van der Waals surface area (Å²) in [5.74, 6) is -0.407. The predicted octanol–water partition coefficient (Wildman–Crippen LogP) is 4.34. The van der Waals surface area contributed by atoms with Crippen LogP contribution in [0.15, 0.2) is 48.5 Å². The molecule has 4 heteroatoms. The van der Waals surface area contributed by atoms with E-state index in [1.54, 1.807) is 12.1 Å². The molecule has 1 fully saturated rings. The number of hydrogen-bond acceptors (Lipinski definition) is 2. The van der Waals surface area contributed by atoms with Crippen LogP contribution in [0.4, 0.5) is 15.8 Å². The van der Waals surface area contributed by atoms with Crippen LogP contribution in [0, 0.1) is 5.82 Å². The van der Waals surface area contributed by atoms with Crippen LogP contribution in [0.1, 0.15) is 32.3 Å². The molecule has 1 amide bonds. The Labute approximate surface area is 142 Å². The number of carbonyl (C=O) groups is 1. The van der Waals surface area contributed by atoms with Crippen molar-refractivity contribution in [1.82, 2.24) is 0 Å². The molecule has 0 unspecified atom stereocenters. The molecular weight excluding hydrogens is 303 g/mol. The SMILES string of the molecule is CC(C)(C(=O)Nc1ccc(N2CCCC2)cc1)c1ccc(F)cc1. The number of carbonyl (C=O) groups excluding carboxylic acids is 1. The summed E-state index contributed by atoms with van der Waals surface area (Å²) in [7, 11) is 0. The molecule has 0 bridgehead atoms. The minimum Gasteiger partial charge on any atom is -0.372 e. The maximum Gasteiger partial charge on any atom is 0.234 e. The van der Waals surface area contributed by atoms with Crippen molar-refractivity contribution in [3.05, 3.63) is 59.9 Å². The Morgan fingerprint density at radius 1 is 1.00 bits per heavy atom. The van der Waals surface area contributed by atoms with E-state index < -0.39 is 5.41 Å². The number of nitrogens with one attached hydrogen (secondary N) is 1. The highest BCUT2D eigenvalue weighted by atomic mass is 19.1. The third kappa shape index (κ3) is 3.42. The van der Waals surface area contributed by atoms with E-state index in [-0.39, 0.29) is 11.7 Å². The lowest BCUT2D eigenvalue weighted by Gasteiger charge is -2.24. The largest absolute Gasteiger partial charge is 0.372 e. The second kappa shape index (κ2) is 6.63. The molecule has 126 valence electrons. The van der Waals surface area contributed by atoms with E-state index in [4.69, 9.17) is 0 Å². The van der Waals surface area contributed by atoms with Gasteiger partial charge in [0.1, 0.15) is 5.82 Å². The topological polar surface area (TPSA) is 32.3 Å². The van der Waals surface area contributed by atoms with Crippen molar-refractivity contribution < 1.29 is 9.18 Å². The van der Waals surface area contributed by atoms with Crippen molar-refractivity contribution in [2.75, 3.05) is 23.3 Å². The van der Waals surface area contributed by atoms with Crippen molar-refractivity contribution in [1.29, 1.82) is 0 Å².